The molecule has 0 bridgehead atoms. The highest BCUT2D eigenvalue weighted by atomic mass is 16.5. The molecule has 1 fully saturated rings. The van der Waals surface area contributed by atoms with Gasteiger partial charge in [0.2, 0.25) is 0 Å². The number of phenols is 1. The third-order valence-electron chi connectivity index (χ3n) is 4.46. The number of carboxylic acid groups (broad SMARTS) is 1. The van der Waals surface area contributed by atoms with Gasteiger partial charge in [0.15, 0.2) is 11.6 Å². The molecule has 1 aliphatic carbocycles. The van der Waals surface area contributed by atoms with Gasteiger partial charge in [-0.25, -0.2) is 0 Å². The fourth-order valence-corrected chi connectivity index (χ4v) is 3.56. The van der Waals surface area contributed by atoms with Crippen LogP contribution in [0.1, 0.15) is 40.5 Å². The van der Waals surface area contributed by atoms with Crippen LogP contribution in [0.2, 0.25) is 0 Å². The van der Waals surface area contributed by atoms with Crippen LogP contribution in [0.15, 0.2) is 18.2 Å². The van der Waals surface area contributed by atoms with Crippen LogP contribution >= 0.6 is 0 Å². The summed E-state index contributed by atoms with van der Waals surface area (Å²) in [7, 11) is 0. The van der Waals surface area contributed by atoms with E-state index < -0.39 is 30.0 Å². The van der Waals surface area contributed by atoms with Crippen LogP contribution in [0.5, 0.6) is 5.75 Å². The zero-order valence-corrected chi connectivity index (χ0v) is 12.0. The third kappa shape index (κ3) is 2.20. The van der Waals surface area contributed by atoms with Gasteiger partial charge in [0.05, 0.1) is 30.1 Å². The van der Waals surface area contributed by atoms with E-state index in [0.29, 0.717) is 0 Å². The minimum Gasteiger partial charge on any atom is -0.507 e. The van der Waals surface area contributed by atoms with Crippen molar-refractivity contribution in [3.63, 3.8) is 0 Å². The number of aromatic hydroxyl groups is 1. The van der Waals surface area contributed by atoms with E-state index >= 15 is 0 Å². The van der Waals surface area contributed by atoms with E-state index in [9.17, 15) is 19.5 Å². The first-order chi connectivity index (χ1) is 10.4. The molecular formula is C16H16O6. The highest BCUT2D eigenvalue weighted by molar-refractivity contribution is 6.17. The largest absolute Gasteiger partial charge is 0.507 e. The molecule has 6 nitrogen and oxygen atoms in total. The third-order valence-corrected chi connectivity index (χ3v) is 4.46. The van der Waals surface area contributed by atoms with Crippen LogP contribution in [0.3, 0.4) is 0 Å². The van der Waals surface area contributed by atoms with E-state index in [4.69, 9.17) is 9.84 Å². The van der Waals surface area contributed by atoms with Crippen molar-refractivity contribution in [1.29, 1.82) is 0 Å². The Morgan fingerprint density at radius 1 is 1.32 bits per heavy atom. The molecule has 0 aromatic heterocycles. The molecule has 2 aliphatic rings. The molecule has 1 saturated heterocycles. The number of Topliss-reactive ketones (excluding diaryl/α,β-unsaturated/α-hetero) is 2. The summed E-state index contributed by atoms with van der Waals surface area (Å²) in [5, 5.41) is 18.8. The smallest absolute Gasteiger partial charge is 0.305 e. The monoisotopic (exact) mass is 304 g/mol. The molecular weight excluding hydrogens is 288 g/mol. The van der Waals surface area contributed by atoms with Crippen LogP contribution in [0, 0.1) is 11.8 Å². The number of carboxylic acids is 1. The van der Waals surface area contributed by atoms with Crippen molar-refractivity contribution in [3.8, 4) is 5.75 Å². The van der Waals surface area contributed by atoms with Gasteiger partial charge in [-0.2, -0.15) is 0 Å². The summed E-state index contributed by atoms with van der Waals surface area (Å²) in [6.07, 6.45) is -1.13. The second-order valence-electron chi connectivity index (χ2n) is 5.86. The molecule has 1 aliphatic heterocycles. The first-order valence-electron chi connectivity index (χ1n) is 7.17. The Bertz CT molecular complexity index is 665. The summed E-state index contributed by atoms with van der Waals surface area (Å²) in [6.45, 7) is 1.67. The summed E-state index contributed by atoms with van der Waals surface area (Å²) in [5.41, 5.74) is 0.273. The maximum atomic E-state index is 12.7. The number of hydrogen-bond acceptors (Lipinski definition) is 5. The Balaban J connectivity index is 2.01. The van der Waals surface area contributed by atoms with Crippen LogP contribution < -0.4 is 0 Å². The number of ketones is 2. The molecule has 1 aromatic carbocycles. The molecule has 0 amide bonds. The second-order valence-corrected chi connectivity index (χ2v) is 5.86. The Labute approximate surface area is 126 Å². The molecule has 2 unspecified atom stereocenters. The summed E-state index contributed by atoms with van der Waals surface area (Å²) < 4.78 is 5.60. The van der Waals surface area contributed by atoms with E-state index in [2.05, 4.69) is 0 Å². The van der Waals surface area contributed by atoms with Gasteiger partial charge in [-0.3, -0.25) is 14.4 Å². The van der Waals surface area contributed by atoms with Crippen molar-refractivity contribution in [3.05, 3.63) is 29.3 Å². The average molecular weight is 304 g/mol. The van der Waals surface area contributed by atoms with Gasteiger partial charge in [0.25, 0.3) is 0 Å². The summed E-state index contributed by atoms with van der Waals surface area (Å²) in [4.78, 5) is 36.2. The number of fused-ring (bicyclic) bond motifs is 2. The fourth-order valence-electron chi connectivity index (χ4n) is 3.56. The number of rotatable bonds is 2. The van der Waals surface area contributed by atoms with Crippen LogP contribution in [-0.4, -0.2) is 40.0 Å². The Hall–Kier alpha value is -2.21. The Morgan fingerprint density at radius 3 is 2.73 bits per heavy atom. The molecule has 116 valence electrons. The van der Waals surface area contributed by atoms with Crippen molar-refractivity contribution in [1.82, 2.24) is 0 Å². The molecule has 1 aromatic rings. The van der Waals surface area contributed by atoms with Crippen LogP contribution in [-0.2, 0) is 9.53 Å². The van der Waals surface area contributed by atoms with Gasteiger partial charge in [-0.15, -0.1) is 0 Å². The first-order valence-corrected chi connectivity index (χ1v) is 7.17. The van der Waals surface area contributed by atoms with E-state index in [-0.39, 0.29) is 41.3 Å². The predicted octanol–water partition coefficient (Wildman–Crippen LogP) is 1.66. The van der Waals surface area contributed by atoms with Crippen molar-refractivity contribution in [2.24, 2.45) is 11.8 Å². The van der Waals surface area contributed by atoms with Crippen molar-refractivity contribution in [2.45, 2.75) is 32.0 Å². The first kappa shape index (κ1) is 14.7. The van der Waals surface area contributed by atoms with Crippen molar-refractivity contribution >= 4 is 17.5 Å². The van der Waals surface area contributed by atoms with E-state index in [1.807, 2.05) is 0 Å². The van der Waals surface area contributed by atoms with E-state index in [1.54, 1.807) is 6.92 Å². The number of ether oxygens (including phenoxy) is 1. The number of hydrogen-bond donors (Lipinski definition) is 2. The van der Waals surface area contributed by atoms with Gasteiger partial charge in [-0.1, -0.05) is 12.1 Å². The Morgan fingerprint density at radius 2 is 2.05 bits per heavy atom. The predicted molar refractivity (Wildman–Crippen MR) is 75.0 cm³/mol. The van der Waals surface area contributed by atoms with Gasteiger partial charge < -0.3 is 14.9 Å². The average Bonchev–Trinajstić information content (AvgIpc) is 2.43. The molecule has 2 N–H and O–H groups in total. The van der Waals surface area contributed by atoms with Gasteiger partial charge in [-0.05, 0) is 19.4 Å². The summed E-state index contributed by atoms with van der Waals surface area (Å²) in [6, 6.07) is 4.43. The maximum absolute atomic E-state index is 12.7. The molecule has 22 heavy (non-hydrogen) atoms. The quantitative estimate of drug-likeness (QED) is 0.861. The van der Waals surface area contributed by atoms with E-state index in [0.717, 1.165) is 0 Å². The zero-order chi connectivity index (χ0) is 16.0. The SMILES string of the molecule is C[C@@H]1O[C@@H](CC(=O)O)CC2C(=O)c3cccc(O)c3C(=O)C21. The lowest BCUT2D eigenvalue weighted by Crippen LogP contribution is -2.50. The van der Waals surface area contributed by atoms with Crippen LogP contribution in [0.25, 0.3) is 0 Å². The minimum absolute atomic E-state index is 0.0564. The van der Waals surface area contributed by atoms with Gasteiger partial charge in [0.1, 0.15) is 5.75 Å². The van der Waals surface area contributed by atoms with Gasteiger partial charge >= 0.3 is 5.97 Å². The number of carbonyl (C=O) groups excluding carboxylic acids is 2. The number of benzene rings is 1. The zero-order valence-electron chi connectivity index (χ0n) is 12.0. The number of aliphatic carboxylic acids is 1. The van der Waals surface area contributed by atoms with Crippen LogP contribution in [0.4, 0.5) is 0 Å². The normalized spacial score (nSPS) is 30.6. The lowest BCUT2D eigenvalue weighted by molar-refractivity contribution is -0.145. The molecule has 1 heterocycles. The fraction of sp³-hybridized carbons (Fsp3) is 0.438. The van der Waals surface area contributed by atoms with Crippen molar-refractivity contribution < 1.29 is 29.3 Å². The maximum Gasteiger partial charge on any atom is 0.305 e. The molecule has 3 rings (SSSR count). The second kappa shape index (κ2) is 5.21. The number of carbonyl (C=O) groups is 3. The summed E-state index contributed by atoms with van der Waals surface area (Å²) in [5.74, 6) is -2.98. The Kier molecular flexibility index (Phi) is 3.48. The lowest BCUT2D eigenvalue weighted by atomic mass is 9.68. The molecule has 0 radical (unpaired) electrons. The lowest BCUT2D eigenvalue weighted by Gasteiger charge is -2.41. The summed E-state index contributed by atoms with van der Waals surface area (Å²) >= 11 is 0. The van der Waals surface area contributed by atoms with E-state index in [1.165, 1.54) is 18.2 Å². The minimum atomic E-state index is -0.997. The molecule has 0 spiro atoms. The number of phenolic OH excluding ortho intramolecular Hbond substituents is 1. The topological polar surface area (TPSA) is 101 Å². The highest BCUT2D eigenvalue weighted by Gasteiger charge is 2.49. The molecule has 4 atom stereocenters. The molecule has 6 heteroatoms. The standard InChI is InChI=1S/C16H16O6/c1-7-13-10(5-8(22-7)6-12(18)19)15(20)9-3-2-4-11(17)14(9)16(13)21/h2-4,7-8,10,13,17H,5-6H2,1H3,(H,18,19)/t7-,8+,10?,13?/m0/s1. The van der Waals surface area contributed by atoms with Crippen molar-refractivity contribution in [2.75, 3.05) is 0 Å². The highest BCUT2D eigenvalue weighted by Crippen LogP contribution is 2.42. The molecule has 0 saturated carbocycles. The van der Waals surface area contributed by atoms with Gasteiger partial charge in [0, 0.05) is 11.5 Å².